The van der Waals surface area contributed by atoms with Crippen LogP contribution in [-0.4, -0.2) is 24.1 Å². The molecule has 0 radical (unpaired) electrons. The van der Waals surface area contributed by atoms with E-state index >= 15 is 0 Å². The predicted molar refractivity (Wildman–Crippen MR) is 84.3 cm³/mol. The number of benzene rings is 1. The lowest BCUT2D eigenvalue weighted by molar-refractivity contribution is -0.127. The molecule has 0 aromatic heterocycles. The van der Waals surface area contributed by atoms with Gasteiger partial charge in [-0.3, -0.25) is 10.1 Å². The zero-order valence-electron chi connectivity index (χ0n) is 13.4. The van der Waals surface area contributed by atoms with Gasteiger partial charge in [0.05, 0.1) is 0 Å². The molecular weight excluding hydrogens is 264 g/mol. The maximum Gasteiger partial charge on any atom is 0.241 e. The first-order valence-electron chi connectivity index (χ1n) is 7.63. The number of primary amides is 1. The van der Waals surface area contributed by atoms with Crippen molar-refractivity contribution >= 4 is 5.91 Å². The fourth-order valence-electron chi connectivity index (χ4n) is 2.71. The molecule has 1 aromatic carbocycles. The standard InChI is InChI=1S/C17H26N2O2/c1-11(2)19-17(16(18)20,14-6-7-14)10-21-15-8-5-12(3)13(4)9-15/h5,8-9,11,14,19H,6-7,10H2,1-4H3,(H2,18,20). The third kappa shape index (κ3) is 3.56. The number of carbonyl (C=O) groups is 1. The van der Waals surface area contributed by atoms with Crippen molar-refractivity contribution in [3.63, 3.8) is 0 Å². The zero-order valence-corrected chi connectivity index (χ0v) is 13.4. The first kappa shape index (κ1) is 15.8. The summed E-state index contributed by atoms with van der Waals surface area (Å²) in [5.74, 6) is 0.751. The molecule has 21 heavy (non-hydrogen) atoms. The number of carbonyl (C=O) groups excluding carboxylic acids is 1. The summed E-state index contributed by atoms with van der Waals surface area (Å²) in [7, 11) is 0. The van der Waals surface area contributed by atoms with Gasteiger partial charge in [-0.1, -0.05) is 6.07 Å². The van der Waals surface area contributed by atoms with E-state index in [-0.39, 0.29) is 24.5 Å². The molecule has 1 saturated carbocycles. The molecule has 1 amide bonds. The van der Waals surface area contributed by atoms with Gasteiger partial charge >= 0.3 is 0 Å². The SMILES string of the molecule is Cc1ccc(OCC(NC(C)C)(C(N)=O)C2CC2)cc1C. The van der Waals surface area contributed by atoms with Gasteiger partial charge in [-0.25, -0.2) is 0 Å². The van der Waals surface area contributed by atoms with Crippen LogP contribution >= 0.6 is 0 Å². The monoisotopic (exact) mass is 290 g/mol. The van der Waals surface area contributed by atoms with Crippen molar-refractivity contribution in [2.45, 2.75) is 52.1 Å². The molecule has 1 atom stereocenters. The van der Waals surface area contributed by atoms with E-state index in [2.05, 4.69) is 19.2 Å². The van der Waals surface area contributed by atoms with E-state index in [1.54, 1.807) is 0 Å². The van der Waals surface area contributed by atoms with E-state index in [9.17, 15) is 4.79 Å². The zero-order chi connectivity index (χ0) is 15.6. The highest BCUT2D eigenvalue weighted by Gasteiger charge is 2.50. The third-order valence-corrected chi connectivity index (χ3v) is 4.21. The maximum absolute atomic E-state index is 12.1. The quantitative estimate of drug-likeness (QED) is 0.810. The van der Waals surface area contributed by atoms with Crippen LogP contribution in [-0.2, 0) is 4.79 Å². The Morgan fingerprint density at radius 3 is 2.52 bits per heavy atom. The van der Waals surface area contributed by atoms with Crippen LogP contribution in [0.1, 0.15) is 37.8 Å². The lowest BCUT2D eigenvalue weighted by Gasteiger charge is -2.33. The summed E-state index contributed by atoms with van der Waals surface area (Å²) in [6.07, 6.45) is 2.05. The van der Waals surface area contributed by atoms with Crippen molar-refractivity contribution in [1.29, 1.82) is 0 Å². The van der Waals surface area contributed by atoms with Gasteiger partial charge in [0.2, 0.25) is 5.91 Å². The van der Waals surface area contributed by atoms with Crippen molar-refractivity contribution < 1.29 is 9.53 Å². The topological polar surface area (TPSA) is 64.3 Å². The van der Waals surface area contributed by atoms with Crippen LogP contribution in [0.5, 0.6) is 5.75 Å². The Labute approximate surface area is 127 Å². The van der Waals surface area contributed by atoms with Gasteiger partial charge < -0.3 is 10.5 Å². The molecule has 1 aromatic rings. The van der Waals surface area contributed by atoms with Crippen molar-refractivity contribution in [3.8, 4) is 5.75 Å². The van der Waals surface area contributed by atoms with E-state index in [0.29, 0.717) is 0 Å². The van der Waals surface area contributed by atoms with Crippen LogP contribution in [0, 0.1) is 19.8 Å². The molecule has 1 aliphatic rings. The average molecular weight is 290 g/mol. The van der Waals surface area contributed by atoms with Crippen molar-refractivity contribution in [3.05, 3.63) is 29.3 Å². The second kappa shape index (κ2) is 6.06. The Morgan fingerprint density at radius 1 is 1.38 bits per heavy atom. The first-order chi connectivity index (χ1) is 9.85. The largest absolute Gasteiger partial charge is 0.491 e. The Morgan fingerprint density at radius 2 is 2.05 bits per heavy atom. The van der Waals surface area contributed by atoms with Crippen LogP contribution in [0.4, 0.5) is 0 Å². The van der Waals surface area contributed by atoms with E-state index in [0.717, 1.165) is 18.6 Å². The molecule has 0 spiro atoms. The van der Waals surface area contributed by atoms with Crippen LogP contribution in [0.2, 0.25) is 0 Å². The molecule has 0 bridgehead atoms. The smallest absolute Gasteiger partial charge is 0.241 e. The minimum Gasteiger partial charge on any atom is -0.491 e. The highest BCUT2D eigenvalue weighted by molar-refractivity contribution is 5.86. The van der Waals surface area contributed by atoms with E-state index in [1.165, 1.54) is 11.1 Å². The van der Waals surface area contributed by atoms with Crippen molar-refractivity contribution in [1.82, 2.24) is 5.32 Å². The fraction of sp³-hybridized carbons (Fsp3) is 0.588. The molecule has 1 unspecified atom stereocenters. The number of amides is 1. The molecule has 1 fully saturated rings. The van der Waals surface area contributed by atoms with Gasteiger partial charge in [-0.15, -0.1) is 0 Å². The predicted octanol–water partition coefficient (Wildman–Crippen LogP) is 2.31. The minimum atomic E-state index is -0.757. The molecule has 1 aliphatic carbocycles. The maximum atomic E-state index is 12.1. The van der Waals surface area contributed by atoms with E-state index in [1.807, 2.05) is 32.0 Å². The molecule has 3 N–H and O–H groups in total. The van der Waals surface area contributed by atoms with Crippen LogP contribution in [0.3, 0.4) is 0 Å². The summed E-state index contributed by atoms with van der Waals surface area (Å²) >= 11 is 0. The molecule has 2 rings (SSSR count). The summed E-state index contributed by atoms with van der Waals surface area (Å²) in [4.78, 5) is 12.1. The summed E-state index contributed by atoms with van der Waals surface area (Å²) in [6.45, 7) is 8.45. The number of rotatable bonds is 7. The third-order valence-electron chi connectivity index (χ3n) is 4.21. The highest BCUT2D eigenvalue weighted by Crippen LogP contribution is 2.40. The summed E-state index contributed by atoms with van der Waals surface area (Å²) in [5, 5.41) is 3.35. The second-order valence-corrected chi connectivity index (χ2v) is 6.44. The van der Waals surface area contributed by atoms with Crippen molar-refractivity contribution in [2.24, 2.45) is 11.7 Å². The van der Waals surface area contributed by atoms with Crippen LogP contribution in [0.25, 0.3) is 0 Å². The normalized spacial score (nSPS) is 17.6. The van der Waals surface area contributed by atoms with Gasteiger partial charge in [0.25, 0.3) is 0 Å². The average Bonchev–Trinajstić information content (AvgIpc) is 3.22. The Bertz CT molecular complexity index is 524. The molecule has 116 valence electrons. The second-order valence-electron chi connectivity index (χ2n) is 6.44. The Hall–Kier alpha value is -1.55. The summed E-state index contributed by atoms with van der Waals surface area (Å²) in [6, 6.07) is 6.16. The Balaban J connectivity index is 2.14. The van der Waals surface area contributed by atoms with E-state index < -0.39 is 5.54 Å². The summed E-state index contributed by atoms with van der Waals surface area (Å²) < 4.78 is 5.91. The lowest BCUT2D eigenvalue weighted by Crippen LogP contribution is -2.62. The number of aryl methyl sites for hydroxylation is 2. The van der Waals surface area contributed by atoms with Gasteiger partial charge in [-0.2, -0.15) is 0 Å². The molecule has 0 aliphatic heterocycles. The number of nitrogens with two attached hydrogens (primary N) is 1. The van der Waals surface area contributed by atoms with Gasteiger partial charge in [-0.05, 0) is 69.7 Å². The number of ether oxygens (including phenoxy) is 1. The molecule has 4 nitrogen and oxygen atoms in total. The molecular formula is C17H26N2O2. The van der Waals surface area contributed by atoms with Gasteiger partial charge in [0, 0.05) is 6.04 Å². The number of hydrogen-bond donors (Lipinski definition) is 2. The van der Waals surface area contributed by atoms with Crippen LogP contribution in [0.15, 0.2) is 18.2 Å². The minimum absolute atomic E-state index is 0.182. The summed E-state index contributed by atoms with van der Waals surface area (Å²) in [5.41, 5.74) is 7.35. The van der Waals surface area contributed by atoms with Gasteiger partial charge in [0.15, 0.2) is 0 Å². The van der Waals surface area contributed by atoms with E-state index in [4.69, 9.17) is 10.5 Å². The van der Waals surface area contributed by atoms with Gasteiger partial charge in [0.1, 0.15) is 17.9 Å². The van der Waals surface area contributed by atoms with Crippen LogP contribution < -0.4 is 15.8 Å². The highest BCUT2D eigenvalue weighted by atomic mass is 16.5. The van der Waals surface area contributed by atoms with Crippen molar-refractivity contribution in [2.75, 3.05) is 6.61 Å². The molecule has 4 heteroatoms. The fourth-order valence-corrected chi connectivity index (χ4v) is 2.71. The molecule has 0 heterocycles. The number of hydrogen-bond acceptors (Lipinski definition) is 3. The first-order valence-corrected chi connectivity index (χ1v) is 7.63. The Kier molecular flexibility index (Phi) is 4.57. The number of nitrogens with one attached hydrogen (secondary N) is 1. The molecule has 0 saturated heterocycles. The lowest BCUT2D eigenvalue weighted by atomic mass is 9.92.